The summed E-state index contributed by atoms with van der Waals surface area (Å²) < 4.78 is 10.9. The highest BCUT2D eigenvalue weighted by atomic mass is 16.5. The van der Waals surface area contributed by atoms with Gasteiger partial charge in [-0.15, -0.1) is 0 Å². The summed E-state index contributed by atoms with van der Waals surface area (Å²) in [7, 11) is 0. The molecule has 0 N–H and O–H groups in total. The standard InChI is InChI=1S/C16H24O3/c1-6-18-16(17)10-13(4)14(5)19-15-9-11(2)7-8-12(15)3/h7-9,13-14H,6,10H2,1-5H3. The van der Waals surface area contributed by atoms with Crippen molar-refractivity contribution < 1.29 is 14.3 Å². The Morgan fingerprint density at radius 3 is 2.58 bits per heavy atom. The molecule has 0 saturated heterocycles. The van der Waals surface area contributed by atoms with Crippen molar-refractivity contribution in [2.45, 2.75) is 47.1 Å². The highest BCUT2D eigenvalue weighted by Crippen LogP contribution is 2.23. The summed E-state index contributed by atoms with van der Waals surface area (Å²) in [4.78, 5) is 11.5. The van der Waals surface area contributed by atoms with Gasteiger partial charge in [-0.05, 0) is 44.9 Å². The third-order valence-electron chi connectivity index (χ3n) is 3.25. The Morgan fingerprint density at radius 1 is 1.26 bits per heavy atom. The van der Waals surface area contributed by atoms with Gasteiger partial charge in [-0.2, -0.15) is 0 Å². The molecule has 0 aliphatic rings. The molecule has 0 aliphatic heterocycles. The van der Waals surface area contributed by atoms with Crippen LogP contribution in [-0.2, 0) is 9.53 Å². The molecule has 2 atom stereocenters. The van der Waals surface area contributed by atoms with Gasteiger partial charge in [0.1, 0.15) is 5.75 Å². The van der Waals surface area contributed by atoms with Crippen molar-refractivity contribution in [2.75, 3.05) is 6.61 Å². The van der Waals surface area contributed by atoms with Crippen LogP contribution in [0.3, 0.4) is 0 Å². The molecule has 0 heterocycles. The first-order chi connectivity index (χ1) is 8.93. The van der Waals surface area contributed by atoms with E-state index in [0.717, 1.165) is 11.3 Å². The Morgan fingerprint density at radius 2 is 1.95 bits per heavy atom. The van der Waals surface area contributed by atoms with Crippen LogP contribution in [0.5, 0.6) is 5.75 Å². The fourth-order valence-corrected chi connectivity index (χ4v) is 1.80. The third-order valence-corrected chi connectivity index (χ3v) is 3.25. The van der Waals surface area contributed by atoms with Gasteiger partial charge >= 0.3 is 5.97 Å². The maximum absolute atomic E-state index is 11.5. The van der Waals surface area contributed by atoms with Gasteiger partial charge < -0.3 is 9.47 Å². The van der Waals surface area contributed by atoms with Crippen molar-refractivity contribution in [3.8, 4) is 5.75 Å². The highest BCUT2D eigenvalue weighted by molar-refractivity contribution is 5.69. The summed E-state index contributed by atoms with van der Waals surface area (Å²) in [5, 5.41) is 0. The number of carbonyl (C=O) groups excluding carboxylic acids is 1. The van der Waals surface area contributed by atoms with Crippen LogP contribution < -0.4 is 4.74 Å². The average molecular weight is 264 g/mol. The first-order valence-corrected chi connectivity index (χ1v) is 6.83. The fraction of sp³-hybridized carbons (Fsp3) is 0.562. The van der Waals surface area contributed by atoms with Crippen molar-refractivity contribution in [3.63, 3.8) is 0 Å². The molecule has 1 aromatic carbocycles. The van der Waals surface area contributed by atoms with Gasteiger partial charge in [0.05, 0.1) is 19.1 Å². The Balaban J connectivity index is 2.60. The monoisotopic (exact) mass is 264 g/mol. The minimum atomic E-state index is -0.161. The Labute approximate surface area is 115 Å². The summed E-state index contributed by atoms with van der Waals surface area (Å²) in [6, 6.07) is 6.14. The van der Waals surface area contributed by atoms with Gasteiger partial charge in [0.15, 0.2) is 0 Å². The zero-order chi connectivity index (χ0) is 14.4. The van der Waals surface area contributed by atoms with Crippen LogP contribution in [0.1, 0.15) is 38.3 Å². The second kappa shape index (κ2) is 7.17. The van der Waals surface area contributed by atoms with E-state index in [0.29, 0.717) is 13.0 Å². The lowest BCUT2D eigenvalue weighted by atomic mass is 10.0. The van der Waals surface area contributed by atoms with Gasteiger partial charge in [0.2, 0.25) is 0 Å². The van der Waals surface area contributed by atoms with Gasteiger partial charge in [-0.1, -0.05) is 19.1 Å². The predicted molar refractivity (Wildman–Crippen MR) is 76.4 cm³/mol. The van der Waals surface area contributed by atoms with Gasteiger partial charge in [-0.3, -0.25) is 4.79 Å². The van der Waals surface area contributed by atoms with E-state index < -0.39 is 0 Å². The lowest BCUT2D eigenvalue weighted by molar-refractivity contribution is -0.144. The lowest BCUT2D eigenvalue weighted by Crippen LogP contribution is -2.24. The van der Waals surface area contributed by atoms with Crippen LogP contribution in [0.2, 0.25) is 0 Å². The van der Waals surface area contributed by atoms with Gasteiger partial charge in [0.25, 0.3) is 0 Å². The van der Waals surface area contributed by atoms with Crippen molar-refractivity contribution in [2.24, 2.45) is 5.92 Å². The van der Waals surface area contributed by atoms with E-state index in [1.807, 2.05) is 46.8 Å². The molecular formula is C16H24O3. The number of aryl methyl sites for hydroxylation is 2. The van der Waals surface area contributed by atoms with E-state index in [1.54, 1.807) is 0 Å². The summed E-state index contributed by atoms with van der Waals surface area (Å²) >= 11 is 0. The summed E-state index contributed by atoms with van der Waals surface area (Å²) in [6.45, 7) is 10.3. The molecule has 3 nitrogen and oxygen atoms in total. The second-order valence-electron chi connectivity index (χ2n) is 5.08. The van der Waals surface area contributed by atoms with Crippen molar-refractivity contribution in [1.82, 2.24) is 0 Å². The molecule has 0 spiro atoms. The second-order valence-corrected chi connectivity index (χ2v) is 5.08. The highest BCUT2D eigenvalue weighted by Gasteiger charge is 2.19. The summed E-state index contributed by atoms with van der Waals surface area (Å²) in [6.07, 6.45) is 0.366. The topological polar surface area (TPSA) is 35.5 Å². The van der Waals surface area contributed by atoms with Gasteiger partial charge in [0, 0.05) is 5.92 Å². The fourth-order valence-electron chi connectivity index (χ4n) is 1.80. The maximum atomic E-state index is 11.5. The normalized spacial score (nSPS) is 13.7. The minimum absolute atomic E-state index is 0.0232. The molecule has 1 aromatic rings. The molecule has 2 unspecified atom stereocenters. The molecule has 0 bridgehead atoms. The molecule has 0 aliphatic carbocycles. The Hall–Kier alpha value is -1.51. The summed E-state index contributed by atoms with van der Waals surface area (Å²) in [5.41, 5.74) is 2.28. The van der Waals surface area contributed by atoms with Gasteiger partial charge in [-0.25, -0.2) is 0 Å². The van der Waals surface area contributed by atoms with Crippen LogP contribution >= 0.6 is 0 Å². The molecule has 106 valence electrons. The van der Waals surface area contributed by atoms with Crippen LogP contribution in [0.15, 0.2) is 18.2 Å². The molecular weight excluding hydrogens is 240 g/mol. The van der Waals surface area contributed by atoms with Crippen LogP contribution in [0, 0.1) is 19.8 Å². The van der Waals surface area contributed by atoms with Crippen LogP contribution in [0.4, 0.5) is 0 Å². The van der Waals surface area contributed by atoms with Crippen molar-refractivity contribution >= 4 is 5.97 Å². The van der Waals surface area contributed by atoms with E-state index in [4.69, 9.17) is 9.47 Å². The first kappa shape index (κ1) is 15.5. The number of hydrogen-bond acceptors (Lipinski definition) is 3. The third kappa shape index (κ3) is 4.93. The number of benzene rings is 1. The SMILES string of the molecule is CCOC(=O)CC(C)C(C)Oc1cc(C)ccc1C. The largest absolute Gasteiger partial charge is 0.490 e. The number of ether oxygens (including phenoxy) is 2. The van der Waals surface area contributed by atoms with Crippen molar-refractivity contribution in [3.05, 3.63) is 29.3 Å². The van der Waals surface area contributed by atoms with Crippen LogP contribution in [0.25, 0.3) is 0 Å². The first-order valence-electron chi connectivity index (χ1n) is 6.83. The molecule has 1 rings (SSSR count). The quantitative estimate of drug-likeness (QED) is 0.736. The minimum Gasteiger partial charge on any atom is -0.490 e. The van der Waals surface area contributed by atoms with E-state index in [1.165, 1.54) is 5.56 Å². The summed E-state index contributed by atoms with van der Waals surface area (Å²) in [5.74, 6) is 0.855. The molecule has 3 heteroatoms. The van der Waals surface area contributed by atoms with E-state index >= 15 is 0 Å². The van der Waals surface area contributed by atoms with Crippen LogP contribution in [-0.4, -0.2) is 18.7 Å². The Kier molecular flexibility index (Phi) is 5.87. The zero-order valence-electron chi connectivity index (χ0n) is 12.5. The van der Waals surface area contributed by atoms with E-state index in [9.17, 15) is 4.79 Å². The lowest BCUT2D eigenvalue weighted by Gasteiger charge is -2.22. The average Bonchev–Trinajstić information content (AvgIpc) is 2.34. The molecule has 0 amide bonds. The molecule has 0 saturated carbocycles. The number of carbonyl (C=O) groups is 1. The van der Waals surface area contributed by atoms with E-state index in [2.05, 4.69) is 6.07 Å². The molecule has 19 heavy (non-hydrogen) atoms. The number of hydrogen-bond donors (Lipinski definition) is 0. The molecule has 0 aromatic heterocycles. The maximum Gasteiger partial charge on any atom is 0.306 e. The Bertz CT molecular complexity index is 426. The molecule has 0 radical (unpaired) electrons. The predicted octanol–water partition coefficient (Wildman–Crippen LogP) is 3.66. The van der Waals surface area contributed by atoms with E-state index in [-0.39, 0.29) is 18.0 Å². The zero-order valence-corrected chi connectivity index (χ0v) is 12.5. The number of rotatable bonds is 6. The number of esters is 1. The molecule has 0 fully saturated rings. The van der Waals surface area contributed by atoms with Crippen molar-refractivity contribution in [1.29, 1.82) is 0 Å². The smallest absolute Gasteiger partial charge is 0.306 e.